The molecule has 0 aromatic heterocycles. The van der Waals surface area contributed by atoms with Crippen LogP contribution in [0.25, 0.3) is 0 Å². The van der Waals surface area contributed by atoms with Gasteiger partial charge in [-0.25, -0.2) is 0 Å². The fourth-order valence-electron chi connectivity index (χ4n) is 1.75. The van der Waals surface area contributed by atoms with Crippen LogP contribution >= 0.6 is 0 Å². The topological polar surface area (TPSA) is 38.3 Å². The molecule has 1 amide bonds. The molecular formula is C12H19NO2. The Morgan fingerprint density at radius 3 is 2.87 bits per heavy atom. The molecule has 1 fully saturated rings. The van der Waals surface area contributed by atoms with Crippen molar-refractivity contribution in [3.05, 3.63) is 0 Å². The van der Waals surface area contributed by atoms with E-state index in [0.29, 0.717) is 0 Å². The molecule has 3 atom stereocenters. The largest absolute Gasteiger partial charge is 0.365 e. The smallest absolute Gasteiger partial charge is 0.250 e. The van der Waals surface area contributed by atoms with Gasteiger partial charge in [0.25, 0.3) is 0 Å². The van der Waals surface area contributed by atoms with Crippen LogP contribution in [-0.4, -0.2) is 24.2 Å². The molecule has 0 saturated carbocycles. The van der Waals surface area contributed by atoms with E-state index >= 15 is 0 Å². The number of carbonyl (C=O) groups is 1. The highest BCUT2D eigenvalue weighted by molar-refractivity contribution is 5.81. The quantitative estimate of drug-likeness (QED) is 0.712. The molecule has 1 saturated heterocycles. The summed E-state index contributed by atoms with van der Waals surface area (Å²) in [7, 11) is 0. The van der Waals surface area contributed by atoms with Crippen LogP contribution in [0.3, 0.4) is 0 Å². The van der Waals surface area contributed by atoms with Gasteiger partial charge in [0.1, 0.15) is 6.10 Å². The summed E-state index contributed by atoms with van der Waals surface area (Å²) in [6.07, 6.45) is 8.77. The summed E-state index contributed by atoms with van der Waals surface area (Å²) in [4.78, 5) is 11.7. The maximum Gasteiger partial charge on any atom is 0.250 e. The lowest BCUT2D eigenvalue weighted by atomic mass is 10.1. The fraction of sp³-hybridized carbons (Fsp3) is 0.750. The van der Waals surface area contributed by atoms with Crippen molar-refractivity contribution < 1.29 is 9.53 Å². The molecule has 1 aliphatic rings. The van der Waals surface area contributed by atoms with E-state index in [-0.39, 0.29) is 24.2 Å². The van der Waals surface area contributed by atoms with Crippen molar-refractivity contribution in [3.8, 4) is 12.3 Å². The highest BCUT2D eigenvalue weighted by atomic mass is 16.5. The Bertz CT molecular complexity index is 257. The summed E-state index contributed by atoms with van der Waals surface area (Å²) in [6.45, 7) is 4.03. The summed E-state index contributed by atoms with van der Waals surface area (Å²) in [5, 5.41) is 2.83. The van der Waals surface area contributed by atoms with Crippen LogP contribution in [0, 0.1) is 12.3 Å². The lowest BCUT2D eigenvalue weighted by Crippen LogP contribution is -2.40. The fourth-order valence-corrected chi connectivity index (χ4v) is 1.75. The third-order valence-electron chi connectivity index (χ3n) is 2.62. The first-order valence-corrected chi connectivity index (χ1v) is 5.59. The first-order valence-electron chi connectivity index (χ1n) is 5.59. The number of nitrogens with one attached hydrogen (secondary N) is 1. The molecule has 1 heterocycles. The lowest BCUT2D eigenvalue weighted by molar-refractivity contribution is -0.132. The molecule has 0 spiro atoms. The van der Waals surface area contributed by atoms with Gasteiger partial charge < -0.3 is 10.1 Å². The number of carbonyl (C=O) groups excluding carboxylic acids is 1. The average Bonchev–Trinajstić information content (AvgIpc) is 2.64. The molecule has 84 valence electrons. The summed E-state index contributed by atoms with van der Waals surface area (Å²) >= 11 is 0. The Kier molecular flexibility index (Phi) is 4.64. The SMILES string of the molecule is C#CC(CCC)NC(=O)C1CCC(C)O1. The number of rotatable bonds is 4. The van der Waals surface area contributed by atoms with E-state index in [1.54, 1.807) is 0 Å². The zero-order valence-corrected chi connectivity index (χ0v) is 9.45. The molecule has 0 radical (unpaired) electrons. The van der Waals surface area contributed by atoms with Crippen LogP contribution in [0.4, 0.5) is 0 Å². The van der Waals surface area contributed by atoms with E-state index in [2.05, 4.69) is 11.2 Å². The minimum absolute atomic E-state index is 0.0595. The number of terminal acetylenes is 1. The molecule has 0 aromatic rings. The standard InChI is InChI=1S/C12H19NO2/c1-4-6-10(5-2)13-12(14)11-8-7-9(3)15-11/h2,9-11H,4,6-8H2,1,3H3,(H,13,14). The van der Waals surface area contributed by atoms with E-state index in [1.165, 1.54) is 0 Å². The second-order valence-electron chi connectivity index (χ2n) is 4.03. The maximum absolute atomic E-state index is 11.7. The first-order chi connectivity index (χ1) is 7.17. The number of hydrogen-bond donors (Lipinski definition) is 1. The third-order valence-corrected chi connectivity index (χ3v) is 2.62. The van der Waals surface area contributed by atoms with E-state index in [9.17, 15) is 4.79 Å². The second-order valence-corrected chi connectivity index (χ2v) is 4.03. The van der Waals surface area contributed by atoms with Crippen molar-refractivity contribution in [2.24, 2.45) is 0 Å². The predicted molar refractivity (Wildman–Crippen MR) is 59.2 cm³/mol. The zero-order valence-electron chi connectivity index (χ0n) is 9.45. The molecule has 1 N–H and O–H groups in total. The Labute approximate surface area is 91.6 Å². The second kappa shape index (κ2) is 5.77. The molecule has 0 aliphatic carbocycles. The molecule has 0 bridgehead atoms. The Balaban J connectivity index is 2.38. The minimum Gasteiger partial charge on any atom is -0.365 e. The first kappa shape index (κ1) is 12.1. The van der Waals surface area contributed by atoms with Crippen LogP contribution in [0.5, 0.6) is 0 Å². The van der Waals surface area contributed by atoms with Gasteiger partial charge in [0.2, 0.25) is 5.91 Å². The Morgan fingerprint density at radius 1 is 1.67 bits per heavy atom. The number of ether oxygens (including phenoxy) is 1. The van der Waals surface area contributed by atoms with Crippen LogP contribution in [0.1, 0.15) is 39.5 Å². The predicted octanol–water partition coefficient (Wildman–Crippen LogP) is 1.47. The molecule has 1 aliphatic heterocycles. The summed E-state index contributed by atoms with van der Waals surface area (Å²) < 4.78 is 5.47. The lowest BCUT2D eigenvalue weighted by Gasteiger charge is -2.15. The highest BCUT2D eigenvalue weighted by Crippen LogP contribution is 2.19. The molecule has 0 aromatic carbocycles. The van der Waals surface area contributed by atoms with Crippen molar-refractivity contribution in [2.45, 2.75) is 57.8 Å². The van der Waals surface area contributed by atoms with Crippen LogP contribution in [0.15, 0.2) is 0 Å². The van der Waals surface area contributed by atoms with E-state index in [0.717, 1.165) is 25.7 Å². The molecule has 3 heteroatoms. The number of amides is 1. The Hall–Kier alpha value is -1.01. The van der Waals surface area contributed by atoms with Crippen LogP contribution in [-0.2, 0) is 9.53 Å². The van der Waals surface area contributed by atoms with Gasteiger partial charge in [-0.3, -0.25) is 4.79 Å². The number of hydrogen-bond acceptors (Lipinski definition) is 2. The normalized spacial score (nSPS) is 27.0. The highest BCUT2D eigenvalue weighted by Gasteiger charge is 2.28. The molecular weight excluding hydrogens is 190 g/mol. The van der Waals surface area contributed by atoms with Crippen molar-refractivity contribution in [2.75, 3.05) is 0 Å². The summed E-state index contributed by atoms with van der Waals surface area (Å²) in [5.74, 6) is 2.52. The molecule has 3 nitrogen and oxygen atoms in total. The monoisotopic (exact) mass is 209 g/mol. The molecule has 3 unspecified atom stereocenters. The molecule has 1 rings (SSSR count). The van der Waals surface area contributed by atoms with Crippen LogP contribution in [0.2, 0.25) is 0 Å². The van der Waals surface area contributed by atoms with Gasteiger partial charge in [0, 0.05) is 0 Å². The summed E-state index contributed by atoms with van der Waals surface area (Å²) in [5.41, 5.74) is 0. The summed E-state index contributed by atoms with van der Waals surface area (Å²) in [6, 6.07) is -0.151. The molecule has 15 heavy (non-hydrogen) atoms. The van der Waals surface area contributed by atoms with Crippen LogP contribution < -0.4 is 5.32 Å². The van der Waals surface area contributed by atoms with Crippen molar-refractivity contribution in [3.63, 3.8) is 0 Å². The maximum atomic E-state index is 11.7. The van der Waals surface area contributed by atoms with E-state index in [4.69, 9.17) is 11.2 Å². The van der Waals surface area contributed by atoms with Gasteiger partial charge in [0.05, 0.1) is 12.1 Å². The zero-order chi connectivity index (χ0) is 11.3. The average molecular weight is 209 g/mol. The van der Waals surface area contributed by atoms with Crippen molar-refractivity contribution >= 4 is 5.91 Å². The van der Waals surface area contributed by atoms with Gasteiger partial charge in [-0.05, 0) is 26.2 Å². The van der Waals surface area contributed by atoms with Gasteiger partial charge in [-0.2, -0.15) is 0 Å². The van der Waals surface area contributed by atoms with Gasteiger partial charge in [-0.1, -0.05) is 19.3 Å². The van der Waals surface area contributed by atoms with E-state index in [1.807, 2.05) is 13.8 Å². The minimum atomic E-state index is -0.298. The van der Waals surface area contributed by atoms with Gasteiger partial charge in [-0.15, -0.1) is 6.42 Å². The third kappa shape index (κ3) is 3.56. The Morgan fingerprint density at radius 2 is 2.40 bits per heavy atom. The van der Waals surface area contributed by atoms with Gasteiger partial charge in [0.15, 0.2) is 0 Å². The van der Waals surface area contributed by atoms with Crippen molar-refractivity contribution in [1.82, 2.24) is 5.32 Å². The van der Waals surface area contributed by atoms with Gasteiger partial charge >= 0.3 is 0 Å². The van der Waals surface area contributed by atoms with Crippen molar-refractivity contribution in [1.29, 1.82) is 0 Å². The van der Waals surface area contributed by atoms with E-state index < -0.39 is 0 Å².